The van der Waals surface area contributed by atoms with E-state index in [0.717, 1.165) is 5.01 Å². The standard InChI is InChI=1S/C19H16FNO3S/c1-23-17-4-2-3-5-18(17)24-16-7-6-14(20)10-13(16)11-15(22)12-19-21-8-9-25-19/h2-10H,11-12H2,1H3. The van der Waals surface area contributed by atoms with Crippen molar-refractivity contribution in [3.05, 3.63) is 70.4 Å². The molecule has 128 valence electrons. The van der Waals surface area contributed by atoms with Gasteiger partial charge in [-0.3, -0.25) is 4.79 Å². The molecular formula is C19H16FNO3S. The number of rotatable bonds is 7. The molecule has 1 aromatic heterocycles. The van der Waals surface area contributed by atoms with Gasteiger partial charge in [-0.25, -0.2) is 9.37 Å². The minimum Gasteiger partial charge on any atom is -0.493 e. The van der Waals surface area contributed by atoms with Crippen LogP contribution in [0.1, 0.15) is 10.6 Å². The molecule has 4 nitrogen and oxygen atoms in total. The molecule has 0 spiro atoms. The summed E-state index contributed by atoms with van der Waals surface area (Å²) in [4.78, 5) is 16.4. The van der Waals surface area contributed by atoms with Gasteiger partial charge >= 0.3 is 0 Å². The monoisotopic (exact) mass is 357 g/mol. The van der Waals surface area contributed by atoms with Crippen molar-refractivity contribution in [2.75, 3.05) is 7.11 Å². The minimum atomic E-state index is -0.413. The number of nitrogens with zero attached hydrogens (tertiary/aromatic N) is 1. The number of thiazole rings is 1. The van der Waals surface area contributed by atoms with Crippen molar-refractivity contribution in [1.82, 2.24) is 4.98 Å². The van der Waals surface area contributed by atoms with Gasteiger partial charge in [-0.1, -0.05) is 12.1 Å². The maximum Gasteiger partial charge on any atom is 0.169 e. The molecule has 0 bridgehead atoms. The molecule has 0 radical (unpaired) electrons. The summed E-state index contributed by atoms with van der Waals surface area (Å²) in [6, 6.07) is 11.3. The molecule has 0 atom stereocenters. The van der Waals surface area contributed by atoms with Crippen molar-refractivity contribution in [3.8, 4) is 17.2 Å². The molecule has 0 aliphatic carbocycles. The van der Waals surface area contributed by atoms with Gasteiger partial charge < -0.3 is 9.47 Å². The first-order chi connectivity index (χ1) is 12.2. The maximum absolute atomic E-state index is 13.7. The third-order valence-electron chi connectivity index (χ3n) is 3.53. The number of carbonyl (C=O) groups is 1. The van der Waals surface area contributed by atoms with Gasteiger partial charge in [0.2, 0.25) is 0 Å². The van der Waals surface area contributed by atoms with Crippen molar-refractivity contribution in [2.45, 2.75) is 12.8 Å². The van der Waals surface area contributed by atoms with Crippen LogP contribution in [0.5, 0.6) is 17.2 Å². The van der Waals surface area contributed by atoms with Gasteiger partial charge in [0, 0.05) is 23.6 Å². The van der Waals surface area contributed by atoms with E-state index in [1.165, 1.54) is 29.5 Å². The van der Waals surface area contributed by atoms with Gasteiger partial charge in [-0.2, -0.15) is 0 Å². The third-order valence-corrected chi connectivity index (χ3v) is 4.31. The first kappa shape index (κ1) is 17.1. The van der Waals surface area contributed by atoms with Crippen LogP contribution in [0.2, 0.25) is 0 Å². The molecule has 0 fully saturated rings. The second-order valence-corrected chi connectivity index (χ2v) is 6.30. The topological polar surface area (TPSA) is 48.4 Å². The van der Waals surface area contributed by atoms with Crippen molar-refractivity contribution < 1.29 is 18.7 Å². The number of Topliss-reactive ketones (excluding diaryl/α,β-unsaturated/α-hetero) is 1. The van der Waals surface area contributed by atoms with Crippen molar-refractivity contribution in [1.29, 1.82) is 0 Å². The van der Waals surface area contributed by atoms with Crippen LogP contribution >= 0.6 is 11.3 Å². The number of methoxy groups -OCH3 is 1. The summed E-state index contributed by atoms with van der Waals surface area (Å²) in [5.41, 5.74) is 0.493. The molecule has 3 aromatic rings. The largest absolute Gasteiger partial charge is 0.493 e. The summed E-state index contributed by atoms with van der Waals surface area (Å²) in [6.45, 7) is 0. The zero-order chi connectivity index (χ0) is 17.6. The highest BCUT2D eigenvalue weighted by atomic mass is 32.1. The molecule has 3 rings (SSSR count). The number of carbonyl (C=O) groups excluding carboxylic acids is 1. The summed E-state index contributed by atoms with van der Waals surface area (Å²) in [6.07, 6.45) is 1.95. The van der Waals surface area contributed by atoms with Crippen molar-refractivity contribution in [3.63, 3.8) is 0 Å². The Morgan fingerprint density at radius 3 is 2.64 bits per heavy atom. The van der Waals surface area contributed by atoms with Gasteiger partial charge in [0.15, 0.2) is 11.5 Å². The lowest BCUT2D eigenvalue weighted by Crippen LogP contribution is -2.08. The third kappa shape index (κ3) is 4.42. The molecule has 0 aliphatic rings. The molecule has 0 saturated carbocycles. The zero-order valence-electron chi connectivity index (χ0n) is 13.6. The first-order valence-electron chi connectivity index (χ1n) is 7.65. The molecule has 0 saturated heterocycles. The maximum atomic E-state index is 13.7. The van der Waals surface area contributed by atoms with Gasteiger partial charge in [0.05, 0.1) is 18.5 Å². The first-order valence-corrected chi connectivity index (χ1v) is 8.53. The average Bonchev–Trinajstić information content (AvgIpc) is 3.10. The summed E-state index contributed by atoms with van der Waals surface area (Å²) in [5, 5.41) is 2.56. The predicted molar refractivity (Wildman–Crippen MR) is 94.0 cm³/mol. The summed E-state index contributed by atoms with van der Waals surface area (Å²) >= 11 is 1.42. The van der Waals surface area contributed by atoms with E-state index in [4.69, 9.17) is 9.47 Å². The van der Waals surface area contributed by atoms with Crippen LogP contribution in [-0.4, -0.2) is 17.9 Å². The SMILES string of the molecule is COc1ccccc1Oc1ccc(F)cc1CC(=O)Cc1nccs1. The van der Waals surface area contributed by atoms with E-state index in [1.54, 1.807) is 25.4 Å². The highest BCUT2D eigenvalue weighted by molar-refractivity contribution is 7.09. The smallest absolute Gasteiger partial charge is 0.169 e. The molecule has 0 amide bonds. The molecule has 0 N–H and O–H groups in total. The van der Waals surface area contributed by atoms with Crippen LogP contribution in [0, 0.1) is 5.82 Å². The molecule has 0 aliphatic heterocycles. The number of ketones is 1. The van der Waals surface area contributed by atoms with Gasteiger partial charge in [0.1, 0.15) is 17.3 Å². The fourth-order valence-electron chi connectivity index (χ4n) is 2.39. The van der Waals surface area contributed by atoms with Crippen LogP contribution in [0.4, 0.5) is 4.39 Å². The highest BCUT2D eigenvalue weighted by Gasteiger charge is 2.14. The second kappa shape index (κ2) is 7.90. The Kier molecular flexibility index (Phi) is 5.40. The quantitative estimate of drug-likeness (QED) is 0.627. The minimum absolute atomic E-state index is 0.0505. The molecule has 0 unspecified atom stereocenters. The van der Waals surface area contributed by atoms with E-state index in [9.17, 15) is 9.18 Å². The number of hydrogen-bond donors (Lipinski definition) is 0. The van der Waals surface area contributed by atoms with E-state index < -0.39 is 5.82 Å². The number of ether oxygens (including phenoxy) is 2. The van der Waals surface area contributed by atoms with Crippen molar-refractivity contribution >= 4 is 17.1 Å². The second-order valence-electron chi connectivity index (χ2n) is 5.32. The Morgan fingerprint density at radius 2 is 1.92 bits per heavy atom. The number of para-hydroxylation sites is 2. The van der Waals surface area contributed by atoms with E-state index in [0.29, 0.717) is 22.8 Å². The predicted octanol–water partition coefficient (Wildman–Crippen LogP) is 4.44. The fraction of sp³-hybridized carbons (Fsp3) is 0.158. The van der Waals surface area contributed by atoms with E-state index in [1.807, 2.05) is 17.5 Å². The molecular weight excluding hydrogens is 341 g/mol. The van der Waals surface area contributed by atoms with Crippen LogP contribution in [0.3, 0.4) is 0 Å². The van der Waals surface area contributed by atoms with Crippen LogP contribution in [0.15, 0.2) is 54.0 Å². The van der Waals surface area contributed by atoms with Crippen LogP contribution < -0.4 is 9.47 Å². The van der Waals surface area contributed by atoms with Gasteiger partial charge in [-0.15, -0.1) is 11.3 Å². The normalized spacial score (nSPS) is 10.5. The number of benzene rings is 2. The van der Waals surface area contributed by atoms with E-state index in [-0.39, 0.29) is 18.6 Å². The van der Waals surface area contributed by atoms with E-state index >= 15 is 0 Å². The number of hydrogen-bond acceptors (Lipinski definition) is 5. The molecule has 1 heterocycles. The summed E-state index contributed by atoms with van der Waals surface area (Å²) in [7, 11) is 1.55. The zero-order valence-corrected chi connectivity index (χ0v) is 14.4. The molecule has 25 heavy (non-hydrogen) atoms. The Hall–Kier alpha value is -2.73. The summed E-state index contributed by atoms with van der Waals surface area (Å²) in [5.74, 6) is 1.03. The number of aromatic nitrogens is 1. The van der Waals surface area contributed by atoms with Gasteiger partial charge in [0.25, 0.3) is 0 Å². The van der Waals surface area contributed by atoms with Crippen LogP contribution in [-0.2, 0) is 17.6 Å². The lowest BCUT2D eigenvalue weighted by Gasteiger charge is -2.13. The Balaban J connectivity index is 1.81. The summed E-state index contributed by atoms with van der Waals surface area (Å²) < 4.78 is 24.8. The molecule has 2 aromatic carbocycles. The highest BCUT2D eigenvalue weighted by Crippen LogP contribution is 2.33. The fourth-order valence-corrected chi connectivity index (χ4v) is 3.04. The van der Waals surface area contributed by atoms with Crippen molar-refractivity contribution in [2.24, 2.45) is 0 Å². The molecule has 6 heteroatoms. The Morgan fingerprint density at radius 1 is 1.12 bits per heavy atom. The van der Waals surface area contributed by atoms with Gasteiger partial charge in [-0.05, 0) is 30.3 Å². The Bertz CT molecular complexity index is 865. The van der Waals surface area contributed by atoms with Crippen LogP contribution in [0.25, 0.3) is 0 Å². The lowest BCUT2D eigenvalue weighted by molar-refractivity contribution is -0.117. The average molecular weight is 357 g/mol. The number of halogens is 1. The van der Waals surface area contributed by atoms with E-state index in [2.05, 4.69) is 4.98 Å². The lowest BCUT2D eigenvalue weighted by atomic mass is 10.1. The Labute approximate surface area is 148 Å².